The number of benzene rings is 2. The van der Waals surface area contributed by atoms with Crippen LogP contribution >= 0.6 is 11.6 Å². The van der Waals surface area contributed by atoms with Crippen LogP contribution in [0.3, 0.4) is 0 Å². The van der Waals surface area contributed by atoms with E-state index in [4.69, 9.17) is 11.6 Å². The number of hydrogen-bond acceptors (Lipinski definition) is 2. The third-order valence-corrected chi connectivity index (χ3v) is 2.84. The maximum absolute atomic E-state index is 11.7. The van der Waals surface area contributed by atoms with Crippen molar-refractivity contribution in [3.05, 3.63) is 65.2 Å². The summed E-state index contributed by atoms with van der Waals surface area (Å²) in [5, 5.41) is 6.61. The molecular weight excluding hydrogens is 260 g/mol. The molecule has 0 saturated heterocycles. The van der Waals surface area contributed by atoms with E-state index in [0.29, 0.717) is 11.6 Å². The number of halogens is 1. The first-order valence-electron chi connectivity index (χ1n) is 6.04. The molecule has 0 radical (unpaired) electrons. The lowest BCUT2D eigenvalue weighted by atomic mass is 10.2. The Balaban J connectivity index is 1.74. The van der Waals surface area contributed by atoms with Crippen molar-refractivity contribution in [2.45, 2.75) is 6.54 Å². The Labute approximate surface area is 117 Å². The zero-order valence-corrected chi connectivity index (χ0v) is 11.2. The standard InChI is InChI=1S/C15H15ClN2O/c16-13-8-6-12(7-9-13)10-17-11-15(19)18-14-4-2-1-3-5-14/h1-9,17H,10-11H2,(H,18,19). The lowest BCUT2D eigenvalue weighted by Crippen LogP contribution is -2.27. The fourth-order valence-electron chi connectivity index (χ4n) is 1.65. The van der Waals surface area contributed by atoms with E-state index in [9.17, 15) is 4.79 Å². The number of rotatable bonds is 5. The summed E-state index contributed by atoms with van der Waals surface area (Å²) in [6, 6.07) is 16.9. The smallest absolute Gasteiger partial charge is 0.238 e. The average Bonchev–Trinajstić information content (AvgIpc) is 2.42. The molecule has 98 valence electrons. The van der Waals surface area contributed by atoms with Gasteiger partial charge in [-0.2, -0.15) is 0 Å². The second kappa shape index (κ2) is 6.92. The second-order valence-corrected chi connectivity index (χ2v) is 4.58. The fourth-order valence-corrected chi connectivity index (χ4v) is 1.78. The van der Waals surface area contributed by atoms with Gasteiger partial charge in [0.25, 0.3) is 0 Å². The molecular formula is C15H15ClN2O. The van der Waals surface area contributed by atoms with Crippen LogP contribution in [0.1, 0.15) is 5.56 Å². The highest BCUT2D eigenvalue weighted by molar-refractivity contribution is 6.30. The van der Waals surface area contributed by atoms with Gasteiger partial charge >= 0.3 is 0 Å². The van der Waals surface area contributed by atoms with Gasteiger partial charge in [-0.3, -0.25) is 4.79 Å². The van der Waals surface area contributed by atoms with E-state index in [1.807, 2.05) is 54.6 Å². The molecule has 0 heterocycles. The lowest BCUT2D eigenvalue weighted by molar-refractivity contribution is -0.115. The van der Waals surface area contributed by atoms with E-state index in [1.165, 1.54) is 0 Å². The number of hydrogen-bond donors (Lipinski definition) is 2. The van der Waals surface area contributed by atoms with Gasteiger partial charge in [-0.25, -0.2) is 0 Å². The highest BCUT2D eigenvalue weighted by Crippen LogP contribution is 2.09. The van der Waals surface area contributed by atoms with E-state index in [0.717, 1.165) is 11.3 Å². The molecule has 0 atom stereocenters. The zero-order valence-electron chi connectivity index (χ0n) is 10.4. The Hall–Kier alpha value is -1.84. The molecule has 0 aliphatic heterocycles. The molecule has 2 aromatic carbocycles. The van der Waals surface area contributed by atoms with Crippen molar-refractivity contribution in [1.29, 1.82) is 0 Å². The minimum atomic E-state index is -0.0554. The van der Waals surface area contributed by atoms with Gasteiger partial charge in [0.1, 0.15) is 0 Å². The van der Waals surface area contributed by atoms with Gasteiger partial charge in [0.2, 0.25) is 5.91 Å². The number of amides is 1. The molecule has 2 rings (SSSR count). The molecule has 0 aliphatic rings. The molecule has 0 aromatic heterocycles. The molecule has 4 heteroatoms. The summed E-state index contributed by atoms with van der Waals surface area (Å²) in [6.07, 6.45) is 0. The van der Waals surface area contributed by atoms with Crippen LogP contribution in [-0.2, 0) is 11.3 Å². The van der Waals surface area contributed by atoms with Crippen molar-refractivity contribution in [3.63, 3.8) is 0 Å². The topological polar surface area (TPSA) is 41.1 Å². The van der Waals surface area contributed by atoms with Crippen LogP contribution in [0.15, 0.2) is 54.6 Å². The molecule has 0 fully saturated rings. The Kier molecular flexibility index (Phi) is 4.95. The van der Waals surface area contributed by atoms with Gasteiger partial charge in [-0.1, -0.05) is 41.9 Å². The van der Waals surface area contributed by atoms with Gasteiger partial charge in [0.05, 0.1) is 6.54 Å². The van der Waals surface area contributed by atoms with E-state index in [1.54, 1.807) is 0 Å². The summed E-state index contributed by atoms with van der Waals surface area (Å²) in [4.78, 5) is 11.7. The number of nitrogens with one attached hydrogen (secondary N) is 2. The monoisotopic (exact) mass is 274 g/mol. The molecule has 19 heavy (non-hydrogen) atoms. The summed E-state index contributed by atoms with van der Waals surface area (Å²) >= 11 is 5.80. The quantitative estimate of drug-likeness (QED) is 0.880. The third kappa shape index (κ3) is 4.73. The number of carbonyl (C=O) groups excluding carboxylic acids is 1. The molecule has 2 N–H and O–H groups in total. The van der Waals surface area contributed by atoms with Gasteiger partial charge in [-0.05, 0) is 29.8 Å². The summed E-state index contributed by atoms with van der Waals surface area (Å²) in [5.74, 6) is -0.0554. The maximum atomic E-state index is 11.7. The highest BCUT2D eigenvalue weighted by atomic mass is 35.5. The first kappa shape index (κ1) is 13.6. The average molecular weight is 275 g/mol. The Bertz CT molecular complexity index is 526. The number of anilines is 1. The largest absolute Gasteiger partial charge is 0.325 e. The number of carbonyl (C=O) groups is 1. The molecule has 2 aromatic rings. The predicted molar refractivity (Wildman–Crippen MR) is 78.2 cm³/mol. The first-order valence-corrected chi connectivity index (χ1v) is 6.42. The first-order chi connectivity index (χ1) is 9.24. The van der Waals surface area contributed by atoms with Gasteiger partial charge in [0, 0.05) is 17.3 Å². The summed E-state index contributed by atoms with van der Waals surface area (Å²) in [6.45, 7) is 0.914. The van der Waals surface area contributed by atoms with Crippen molar-refractivity contribution < 1.29 is 4.79 Å². The van der Waals surface area contributed by atoms with Gasteiger partial charge in [0.15, 0.2) is 0 Å². The van der Waals surface area contributed by atoms with Crippen molar-refractivity contribution in [2.24, 2.45) is 0 Å². The normalized spacial score (nSPS) is 10.2. The van der Waals surface area contributed by atoms with Crippen LogP contribution in [0.4, 0.5) is 5.69 Å². The van der Waals surface area contributed by atoms with E-state index in [2.05, 4.69) is 10.6 Å². The summed E-state index contributed by atoms with van der Waals surface area (Å²) < 4.78 is 0. The van der Waals surface area contributed by atoms with Gasteiger partial charge < -0.3 is 10.6 Å². The molecule has 0 saturated carbocycles. The third-order valence-electron chi connectivity index (χ3n) is 2.59. The van der Waals surface area contributed by atoms with Crippen LogP contribution < -0.4 is 10.6 Å². The molecule has 0 unspecified atom stereocenters. The van der Waals surface area contributed by atoms with Crippen LogP contribution in [-0.4, -0.2) is 12.5 Å². The fraction of sp³-hybridized carbons (Fsp3) is 0.133. The zero-order chi connectivity index (χ0) is 13.5. The SMILES string of the molecule is O=C(CNCc1ccc(Cl)cc1)Nc1ccccc1. The van der Waals surface area contributed by atoms with Crippen molar-refractivity contribution in [2.75, 3.05) is 11.9 Å². The van der Waals surface area contributed by atoms with Crippen LogP contribution in [0.25, 0.3) is 0 Å². The van der Waals surface area contributed by atoms with Crippen molar-refractivity contribution in [3.8, 4) is 0 Å². The Morgan fingerprint density at radius 2 is 1.68 bits per heavy atom. The minimum Gasteiger partial charge on any atom is -0.325 e. The lowest BCUT2D eigenvalue weighted by Gasteiger charge is -2.06. The maximum Gasteiger partial charge on any atom is 0.238 e. The Morgan fingerprint density at radius 3 is 2.37 bits per heavy atom. The van der Waals surface area contributed by atoms with Gasteiger partial charge in [-0.15, -0.1) is 0 Å². The second-order valence-electron chi connectivity index (χ2n) is 4.14. The summed E-state index contributed by atoms with van der Waals surface area (Å²) in [7, 11) is 0. The minimum absolute atomic E-state index is 0.0554. The molecule has 3 nitrogen and oxygen atoms in total. The molecule has 0 bridgehead atoms. The Morgan fingerprint density at radius 1 is 1.00 bits per heavy atom. The van der Waals surface area contributed by atoms with Crippen LogP contribution in [0.2, 0.25) is 5.02 Å². The van der Waals surface area contributed by atoms with Crippen LogP contribution in [0, 0.1) is 0 Å². The highest BCUT2D eigenvalue weighted by Gasteiger charge is 2.01. The molecule has 1 amide bonds. The van der Waals surface area contributed by atoms with E-state index < -0.39 is 0 Å². The van der Waals surface area contributed by atoms with Crippen LogP contribution in [0.5, 0.6) is 0 Å². The van der Waals surface area contributed by atoms with E-state index >= 15 is 0 Å². The van der Waals surface area contributed by atoms with E-state index in [-0.39, 0.29) is 12.5 Å². The molecule has 0 aliphatic carbocycles. The van der Waals surface area contributed by atoms with Crippen molar-refractivity contribution >= 4 is 23.2 Å². The predicted octanol–water partition coefficient (Wildman–Crippen LogP) is 3.07. The molecule has 0 spiro atoms. The summed E-state index contributed by atoms with van der Waals surface area (Å²) in [5.41, 5.74) is 1.90. The number of para-hydroxylation sites is 1. The van der Waals surface area contributed by atoms with Crippen molar-refractivity contribution in [1.82, 2.24) is 5.32 Å².